The number of benzene rings is 2. The highest BCUT2D eigenvalue weighted by Gasteiger charge is 2.34. The summed E-state index contributed by atoms with van der Waals surface area (Å²) in [4.78, 5) is 57.4. The molecular formula is C42H47ClN10O3S. The van der Waals surface area contributed by atoms with Crippen LogP contribution in [0.1, 0.15) is 54.5 Å². The first kappa shape index (κ1) is 41.3. The van der Waals surface area contributed by atoms with E-state index in [2.05, 4.69) is 32.0 Å². The Morgan fingerprint density at radius 1 is 0.895 bits per heavy atom. The van der Waals surface area contributed by atoms with E-state index >= 15 is 0 Å². The van der Waals surface area contributed by atoms with E-state index in [1.165, 1.54) is 16.7 Å². The van der Waals surface area contributed by atoms with E-state index < -0.39 is 18.1 Å². The summed E-state index contributed by atoms with van der Waals surface area (Å²) >= 11 is 8.46. The van der Waals surface area contributed by atoms with Crippen molar-refractivity contribution < 1.29 is 14.4 Å². The number of carbonyl (C=O) groups excluding carboxylic acids is 3. The molecule has 8 N–H and O–H groups in total. The Hall–Kier alpha value is -5.30. The third-order valence-corrected chi connectivity index (χ3v) is 11.8. The van der Waals surface area contributed by atoms with Gasteiger partial charge in [0.1, 0.15) is 28.9 Å². The molecule has 3 amide bonds. The molecule has 0 saturated carbocycles. The number of aromatic amines is 1. The van der Waals surface area contributed by atoms with Gasteiger partial charge in [-0.3, -0.25) is 14.4 Å². The van der Waals surface area contributed by atoms with E-state index in [1.807, 2.05) is 54.7 Å². The zero-order chi connectivity index (χ0) is 40.3. The topological polar surface area (TPSA) is 208 Å². The fourth-order valence-electron chi connectivity index (χ4n) is 7.00. The lowest BCUT2D eigenvalue weighted by Crippen LogP contribution is -2.57. The molecule has 296 valence electrons. The predicted molar refractivity (Wildman–Crippen MR) is 222 cm³/mol. The molecule has 6 rings (SSSR count). The van der Waals surface area contributed by atoms with Crippen LogP contribution in [0.15, 0.2) is 89.2 Å². The Labute approximate surface area is 341 Å². The number of aromatic nitrogens is 3. The number of carbonyl (C=O) groups is 3. The predicted octanol–water partition coefficient (Wildman–Crippen LogP) is 4.81. The number of nitriles is 1. The summed E-state index contributed by atoms with van der Waals surface area (Å²) in [5.41, 5.74) is 16.8. The molecule has 3 atom stereocenters. The highest BCUT2D eigenvalue weighted by Crippen LogP contribution is 2.40. The van der Waals surface area contributed by atoms with Gasteiger partial charge >= 0.3 is 0 Å². The summed E-state index contributed by atoms with van der Waals surface area (Å²) in [6, 6.07) is 18.3. The van der Waals surface area contributed by atoms with E-state index in [0.29, 0.717) is 72.2 Å². The molecule has 13 nitrogen and oxygen atoms in total. The quantitative estimate of drug-likeness (QED) is 0.106. The molecule has 2 aromatic carbocycles. The van der Waals surface area contributed by atoms with Gasteiger partial charge in [-0.25, -0.2) is 9.97 Å². The van der Waals surface area contributed by atoms with Crippen molar-refractivity contribution in [3.8, 4) is 17.2 Å². The van der Waals surface area contributed by atoms with E-state index in [0.717, 1.165) is 33.2 Å². The maximum atomic E-state index is 14.6. The minimum Gasteiger partial charge on any atom is -0.361 e. The zero-order valence-corrected chi connectivity index (χ0v) is 33.3. The molecule has 0 radical (unpaired) electrons. The molecule has 1 aliphatic rings. The van der Waals surface area contributed by atoms with Gasteiger partial charge in [-0.15, -0.1) is 0 Å². The van der Waals surface area contributed by atoms with Gasteiger partial charge < -0.3 is 37.3 Å². The largest absolute Gasteiger partial charge is 0.361 e. The van der Waals surface area contributed by atoms with Crippen LogP contribution in [0.2, 0.25) is 5.02 Å². The molecule has 0 saturated heterocycles. The first-order valence-electron chi connectivity index (χ1n) is 19.0. The van der Waals surface area contributed by atoms with Gasteiger partial charge in [0.25, 0.3) is 0 Å². The van der Waals surface area contributed by atoms with Crippen molar-refractivity contribution in [2.24, 2.45) is 11.5 Å². The Kier molecular flexibility index (Phi) is 14.3. The first-order valence-corrected chi connectivity index (χ1v) is 20.2. The normalized spacial score (nSPS) is 18.3. The number of amides is 3. The summed E-state index contributed by atoms with van der Waals surface area (Å²) in [6.45, 7) is 1.19. The minimum atomic E-state index is -0.956. The van der Waals surface area contributed by atoms with Gasteiger partial charge in [0.2, 0.25) is 17.7 Å². The van der Waals surface area contributed by atoms with E-state index in [9.17, 15) is 19.6 Å². The van der Waals surface area contributed by atoms with Gasteiger partial charge in [0, 0.05) is 60.9 Å². The lowest BCUT2D eigenvalue weighted by atomic mass is 10.0. The van der Waals surface area contributed by atoms with Crippen molar-refractivity contribution in [3.05, 3.63) is 107 Å². The molecule has 3 aromatic heterocycles. The van der Waals surface area contributed by atoms with Crippen LogP contribution in [0.25, 0.3) is 22.0 Å². The molecule has 4 heterocycles. The summed E-state index contributed by atoms with van der Waals surface area (Å²) in [6.07, 6.45) is 7.96. The van der Waals surface area contributed by atoms with Crippen LogP contribution in [0.5, 0.6) is 0 Å². The number of likely N-dealkylation sites (N-methyl/N-ethyl adjacent to an activating group) is 1. The lowest BCUT2D eigenvalue weighted by molar-refractivity contribution is -0.142. The van der Waals surface area contributed by atoms with Crippen molar-refractivity contribution in [3.63, 3.8) is 0 Å². The summed E-state index contributed by atoms with van der Waals surface area (Å²) < 4.78 is 0. The lowest BCUT2D eigenvalue weighted by Gasteiger charge is -2.32. The van der Waals surface area contributed by atoms with Crippen molar-refractivity contribution in [2.75, 3.05) is 20.1 Å². The fourth-order valence-corrected chi connectivity index (χ4v) is 8.35. The second-order valence-electron chi connectivity index (χ2n) is 14.0. The van der Waals surface area contributed by atoms with Crippen LogP contribution in [0.4, 0.5) is 0 Å². The van der Waals surface area contributed by atoms with Gasteiger partial charge in [-0.2, -0.15) is 5.26 Å². The number of unbranched alkanes of at least 4 members (excludes halogenated alkanes) is 1. The van der Waals surface area contributed by atoms with Crippen molar-refractivity contribution in [1.29, 1.82) is 5.26 Å². The van der Waals surface area contributed by atoms with Crippen molar-refractivity contribution >= 4 is 52.0 Å². The average molecular weight is 807 g/mol. The van der Waals surface area contributed by atoms with E-state index in [-0.39, 0.29) is 36.4 Å². The smallest absolute Gasteiger partial charge is 0.245 e. The number of nitrogens with one attached hydrogen (secondary N) is 4. The molecule has 3 unspecified atom stereocenters. The SMILES string of the molecule is CN1C(=O)C(CCCCN)NC(=O)C(CCCN)NCc2cccnc2Sc2c(Cl)cc(-c3ccnc(C#N)c3)cc2CNC(=O)C1Cc1c[nH]c2ccccc12. The zero-order valence-electron chi connectivity index (χ0n) is 31.8. The van der Waals surface area contributed by atoms with Crippen LogP contribution in [0, 0.1) is 11.3 Å². The highest BCUT2D eigenvalue weighted by molar-refractivity contribution is 7.99. The molecule has 15 heteroatoms. The molecule has 0 aliphatic carbocycles. The van der Waals surface area contributed by atoms with Gasteiger partial charge in [0.15, 0.2) is 0 Å². The van der Waals surface area contributed by atoms with Gasteiger partial charge in [-0.1, -0.05) is 47.6 Å². The standard InChI is InChI=1S/C42H47ClN10O3S/c1-53-37(21-29-24-49-34-10-3-2-9-32(29)34)40(55)51-25-30-18-28(26-13-17-47-31(19-26)22-46)20-33(43)38(30)57-41-27(8-7-16-48-41)23-50-35(12-6-15-45)39(54)52-36(42(53)56)11-4-5-14-44/h2-3,7-10,13,16-20,24,35-37,49-50H,4-6,11-12,14-15,21,23,25,44-45H2,1H3,(H,51,55)(H,52,54). The maximum Gasteiger partial charge on any atom is 0.245 e. The number of para-hydroxylation sites is 1. The van der Waals surface area contributed by atoms with Gasteiger partial charge in [-0.05, 0) is 109 Å². The number of nitrogens with two attached hydrogens (primary N) is 2. The Bertz CT molecular complexity index is 2260. The minimum absolute atomic E-state index is 0.0651. The van der Waals surface area contributed by atoms with Crippen LogP contribution in [0.3, 0.4) is 0 Å². The number of rotatable bonds is 10. The number of pyridine rings is 2. The molecular weight excluding hydrogens is 760 g/mol. The number of nitrogens with zero attached hydrogens (tertiary/aromatic N) is 4. The van der Waals surface area contributed by atoms with Crippen LogP contribution < -0.4 is 27.4 Å². The van der Waals surface area contributed by atoms with Crippen molar-refractivity contribution in [2.45, 2.75) is 79.7 Å². The summed E-state index contributed by atoms with van der Waals surface area (Å²) in [5.74, 6) is -1.11. The fraction of sp³-hybridized carbons (Fsp3) is 0.333. The summed E-state index contributed by atoms with van der Waals surface area (Å²) in [7, 11) is 1.61. The Balaban J connectivity index is 1.45. The maximum absolute atomic E-state index is 14.6. The highest BCUT2D eigenvalue weighted by atomic mass is 35.5. The second kappa shape index (κ2) is 19.7. The second-order valence-corrected chi connectivity index (χ2v) is 15.4. The average Bonchev–Trinajstić information content (AvgIpc) is 3.64. The van der Waals surface area contributed by atoms with E-state index in [4.69, 9.17) is 28.1 Å². The third kappa shape index (κ3) is 10.2. The molecule has 0 fully saturated rings. The molecule has 0 spiro atoms. The third-order valence-electron chi connectivity index (χ3n) is 10.1. The molecule has 57 heavy (non-hydrogen) atoms. The molecule has 5 aromatic rings. The Morgan fingerprint density at radius 2 is 1.70 bits per heavy atom. The monoisotopic (exact) mass is 806 g/mol. The number of H-pyrrole nitrogens is 1. The summed E-state index contributed by atoms with van der Waals surface area (Å²) in [5, 5.41) is 21.1. The van der Waals surface area contributed by atoms with E-state index in [1.54, 1.807) is 31.6 Å². The van der Waals surface area contributed by atoms with Crippen LogP contribution in [-0.4, -0.2) is 75.8 Å². The molecule has 1 aliphatic heterocycles. The first-order chi connectivity index (χ1) is 27.7. The number of hydrogen-bond donors (Lipinski definition) is 6. The Morgan fingerprint density at radius 3 is 2.51 bits per heavy atom. The van der Waals surface area contributed by atoms with Crippen LogP contribution in [-0.2, 0) is 33.9 Å². The number of halogens is 1. The number of fused-ring (bicyclic) bond motifs is 3. The molecule has 0 bridgehead atoms. The van der Waals surface area contributed by atoms with Gasteiger partial charge in [0.05, 0.1) is 11.1 Å². The van der Waals surface area contributed by atoms with Crippen molar-refractivity contribution in [1.82, 2.24) is 35.8 Å². The van der Waals surface area contributed by atoms with Crippen LogP contribution >= 0.6 is 23.4 Å². The number of hydrogen-bond acceptors (Lipinski definition) is 10.